The second-order valence-corrected chi connectivity index (χ2v) is 15.0. The van der Waals surface area contributed by atoms with Crippen LogP contribution in [0, 0.1) is 5.82 Å². The Labute approximate surface area is 328 Å². The summed E-state index contributed by atoms with van der Waals surface area (Å²) >= 11 is 1.65. The molecule has 2 aliphatic heterocycles. The number of aromatic nitrogens is 4. The van der Waals surface area contributed by atoms with Crippen LogP contribution < -0.4 is 10.6 Å². The van der Waals surface area contributed by atoms with E-state index in [1.54, 1.807) is 53.9 Å². The molecule has 4 N–H and O–H groups in total. The number of hydrogen-bond acceptors (Lipinski definition) is 10. The van der Waals surface area contributed by atoms with E-state index in [1.165, 1.54) is 27.4 Å². The number of methoxy groups -OCH3 is 3. The number of likely N-dealkylation sites (tertiary alicyclic amines) is 2. The lowest BCUT2D eigenvalue weighted by Gasteiger charge is -2.30. The third kappa shape index (κ3) is 8.53. The maximum atomic E-state index is 15.7. The predicted molar refractivity (Wildman–Crippen MR) is 208 cm³/mol. The van der Waals surface area contributed by atoms with Crippen LogP contribution in [0.3, 0.4) is 0 Å². The number of ether oxygens (including phenoxy) is 3. The molecular formula is C39H47FN8O7S. The van der Waals surface area contributed by atoms with Gasteiger partial charge in [-0.1, -0.05) is 36.4 Å². The molecule has 17 heteroatoms. The van der Waals surface area contributed by atoms with Crippen molar-refractivity contribution in [2.24, 2.45) is 0 Å². The fraction of sp³-hybridized carbons (Fsp3) is 0.436. The molecule has 4 aromatic rings. The molecule has 6 rings (SSSR count). The van der Waals surface area contributed by atoms with E-state index in [0.29, 0.717) is 53.5 Å². The van der Waals surface area contributed by atoms with E-state index in [4.69, 9.17) is 9.47 Å². The van der Waals surface area contributed by atoms with Crippen LogP contribution in [0.1, 0.15) is 56.8 Å². The van der Waals surface area contributed by atoms with Crippen molar-refractivity contribution in [2.45, 2.75) is 68.6 Å². The first-order valence-corrected chi connectivity index (χ1v) is 19.6. The quantitative estimate of drug-likeness (QED) is 0.144. The van der Waals surface area contributed by atoms with E-state index in [1.807, 2.05) is 36.6 Å². The highest BCUT2D eigenvalue weighted by molar-refractivity contribution is 7.99. The number of carbonyl (C=O) groups excluding carboxylic acids is 4. The molecule has 15 nitrogen and oxygen atoms in total. The summed E-state index contributed by atoms with van der Waals surface area (Å²) < 4.78 is 30.5. The maximum absolute atomic E-state index is 15.7. The Hall–Kier alpha value is -5.42. The summed E-state index contributed by atoms with van der Waals surface area (Å²) in [6, 6.07) is 10.1. The minimum absolute atomic E-state index is 0.146. The van der Waals surface area contributed by atoms with Crippen molar-refractivity contribution >= 4 is 35.8 Å². The van der Waals surface area contributed by atoms with Crippen LogP contribution in [0.25, 0.3) is 33.6 Å². The van der Waals surface area contributed by atoms with E-state index in [9.17, 15) is 19.2 Å². The summed E-state index contributed by atoms with van der Waals surface area (Å²) in [7, 11) is 3.96. The van der Waals surface area contributed by atoms with Crippen LogP contribution in [-0.4, -0.2) is 118 Å². The molecule has 0 saturated carbocycles. The van der Waals surface area contributed by atoms with Gasteiger partial charge in [0.25, 0.3) is 0 Å². The summed E-state index contributed by atoms with van der Waals surface area (Å²) in [5, 5.41) is 5.29. The first-order valence-electron chi connectivity index (χ1n) is 18.3. The fourth-order valence-electron chi connectivity index (χ4n) is 7.26. The SMILES string of the molecule is COC(=O)N[C@@H](C)C(=O)N1CCC[C@H]1c1ncc(-c2ccc(-c3ccc(-c4cnc([C@@H]5C[C@H](SC)CN5C(=O)[C@@H](NC(=O)OC)[C@@H](C)OC)[nH]4)cc3F)cc2)[nH]1. The first kappa shape index (κ1) is 40.2. The second-order valence-electron chi connectivity index (χ2n) is 13.8. The molecule has 2 saturated heterocycles. The lowest BCUT2D eigenvalue weighted by molar-refractivity contribution is -0.137. The van der Waals surface area contributed by atoms with Crippen LogP contribution >= 0.6 is 11.8 Å². The van der Waals surface area contributed by atoms with Gasteiger partial charge in [-0.15, -0.1) is 0 Å². The molecule has 0 unspecified atom stereocenters. The highest BCUT2D eigenvalue weighted by Crippen LogP contribution is 2.38. The van der Waals surface area contributed by atoms with Crippen LogP contribution in [-0.2, 0) is 23.8 Å². The van der Waals surface area contributed by atoms with Crippen molar-refractivity contribution in [3.63, 3.8) is 0 Å². The Morgan fingerprint density at radius 2 is 1.45 bits per heavy atom. The zero-order valence-corrected chi connectivity index (χ0v) is 32.9. The number of benzene rings is 2. The average molecular weight is 791 g/mol. The molecule has 298 valence electrons. The summed E-state index contributed by atoms with van der Waals surface area (Å²) in [5.74, 6) is 0.275. The molecule has 2 fully saturated rings. The molecule has 0 aliphatic carbocycles. The van der Waals surface area contributed by atoms with E-state index >= 15 is 4.39 Å². The molecule has 2 aromatic heterocycles. The van der Waals surface area contributed by atoms with Crippen LogP contribution in [0.15, 0.2) is 54.9 Å². The molecule has 56 heavy (non-hydrogen) atoms. The van der Waals surface area contributed by atoms with Crippen molar-refractivity contribution < 1.29 is 37.8 Å². The molecule has 4 heterocycles. The van der Waals surface area contributed by atoms with Gasteiger partial charge in [-0.2, -0.15) is 11.8 Å². The van der Waals surface area contributed by atoms with Gasteiger partial charge < -0.3 is 44.6 Å². The zero-order valence-electron chi connectivity index (χ0n) is 32.1. The van der Waals surface area contributed by atoms with Gasteiger partial charge in [0.2, 0.25) is 11.8 Å². The molecule has 0 radical (unpaired) electrons. The van der Waals surface area contributed by atoms with Gasteiger partial charge in [0, 0.05) is 36.6 Å². The van der Waals surface area contributed by atoms with E-state index in [0.717, 1.165) is 24.1 Å². The normalized spacial score (nSPS) is 19.7. The Morgan fingerprint density at radius 1 is 0.839 bits per heavy atom. The minimum Gasteiger partial charge on any atom is -0.453 e. The Morgan fingerprint density at radius 3 is 2.07 bits per heavy atom. The van der Waals surface area contributed by atoms with Gasteiger partial charge in [-0.05, 0) is 56.6 Å². The number of halogens is 1. The van der Waals surface area contributed by atoms with Crippen molar-refractivity contribution in [2.75, 3.05) is 40.7 Å². The van der Waals surface area contributed by atoms with Crippen LogP contribution in [0.4, 0.5) is 14.0 Å². The number of hydrogen-bond donors (Lipinski definition) is 4. The fourth-order valence-corrected chi connectivity index (χ4v) is 7.95. The summed E-state index contributed by atoms with van der Waals surface area (Å²) in [6.07, 6.45) is 5.52. The van der Waals surface area contributed by atoms with Gasteiger partial charge in [-0.25, -0.2) is 23.9 Å². The van der Waals surface area contributed by atoms with E-state index in [2.05, 4.69) is 35.3 Å². The number of nitrogens with zero attached hydrogens (tertiary/aromatic N) is 4. The Bertz CT molecular complexity index is 2040. The number of imidazole rings is 2. The van der Waals surface area contributed by atoms with E-state index < -0.39 is 42.2 Å². The smallest absolute Gasteiger partial charge is 0.407 e. The van der Waals surface area contributed by atoms with Crippen molar-refractivity contribution in [3.05, 3.63) is 72.3 Å². The van der Waals surface area contributed by atoms with Gasteiger partial charge in [0.05, 0.1) is 56.2 Å². The highest BCUT2D eigenvalue weighted by Gasteiger charge is 2.42. The van der Waals surface area contributed by atoms with E-state index in [-0.39, 0.29) is 23.1 Å². The first-order chi connectivity index (χ1) is 27.0. The summed E-state index contributed by atoms with van der Waals surface area (Å²) in [5.41, 5.74) is 3.91. The number of rotatable bonds is 12. The summed E-state index contributed by atoms with van der Waals surface area (Å²) in [6.45, 7) is 4.34. The minimum atomic E-state index is -0.967. The molecule has 2 aromatic carbocycles. The Kier molecular flexibility index (Phi) is 12.6. The number of nitrogens with one attached hydrogen (secondary N) is 4. The molecular weight excluding hydrogens is 744 g/mol. The number of thioether (sulfide) groups is 1. The predicted octanol–water partition coefficient (Wildman–Crippen LogP) is 5.45. The van der Waals surface area contributed by atoms with Gasteiger partial charge >= 0.3 is 12.2 Å². The highest BCUT2D eigenvalue weighted by atomic mass is 32.2. The zero-order chi connectivity index (χ0) is 40.1. The second kappa shape index (κ2) is 17.6. The average Bonchev–Trinajstić information content (AvgIpc) is 4.05. The monoisotopic (exact) mass is 790 g/mol. The Balaban J connectivity index is 1.15. The maximum Gasteiger partial charge on any atom is 0.407 e. The molecule has 2 aliphatic rings. The van der Waals surface area contributed by atoms with Crippen molar-refractivity contribution in [3.8, 4) is 33.6 Å². The van der Waals surface area contributed by atoms with Crippen molar-refractivity contribution in [1.82, 2.24) is 40.4 Å². The number of aromatic amines is 2. The number of alkyl carbamates (subject to hydrolysis) is 2. The lowest BCUT2D eigenvalue weighted by Crippen LogP contribution is -2.54. The van der Waals surface area contributed by atoms with Crippen LogP contribution in [0.5, 0.6) is 0 Å². The largest absolute Gasteiger partial charge is 0.453 e. The van der Waals surface area contributed by atoms with Crippen molar-refractivity contribution in [1.29, 1.82) is 0 Å². The standard InChI is InChI=1S/C39H47FN8O7S/c1-21(43-38(51)54-4)36(49)47-15-7-8-31(47)34-41-18-29(44-34)24-11-9-23(10-12-24)27-14-13-25(16-28(27)40)30-19-42-35(45-30)32-17-26(56-6)20-48(32)37(50)33(22(2)53-3)46-39(52)55-5/h9-14,16,18-19,21-22,26,31-33H,7-8,15,17,20H2,1-6H3,(H,41,44)(H,42,45)(H,43,51)(H,46,52)/t21-,22+,26-,31-,32-,33-/m0/s1. The van der Waals surface area contributed by atoms with Gasteiger partial charge in [0.15, 0.2) is 0 Å². The topological polar surface area (TPSA) is 184 Å². The molecule has 6 atom stereocenters. The van der Waals surface area contributed by atoms with Gasteiger partial charge in [0.1, 0.15) is 29.5 Å². The third-order valence-electron chi connectivity index (χ3n) is 10.5. The number of carbonyl (C=O) groups is 4. The molecule has 0 spiro atoms. The molecule has 4 amide bonds. The molecule has 0 bridgehead atoms. The van der Waals surface area contributed by atoms with Crippen LogP contribution in [0.2, 0.25) is 0 Å². The number of H-pyrrole nitrogens is 2. The third-order valence-corrected chi connectivity index (χ3v) is 11.5. The van der Waals surface area contributed by atoms with Gasteiger partial charge in [-0.3, -0.25) is 9.59 Å². The number of amides is 4. The summed E-state index contributed by atoms with van der Waals surface area (Å²) in [4.78, 5) is 69.9. The lowest BCUT2D eigenvalue weighted by atomic mass is 10.0.